The fourth-order valence-electron chi connectivity index (χ4n) is 2.54. The van der Waals surface area contributed by atoms with E-state index in [1.165, 1.54) is 6.08 Å². The molecule has 0 spiro atoms. The topological polar surface area (TPSA) is 65.4 Å². The molecule has 0 fully saturated rings. The zero-order valence-corrected chi connectivity index (χ0v) is 15.1. The zero-order valence-electron chi connectivity index (χ0n) is 13.5. The van der Waals surface area contributed by atoms with Crippen molar-refractivity contribution in [3.05, 3.63) is 63.4 Å². The minimum Gasteiger partial charge on any atom is -0.454 e. The van der Waals surface area contributed by atoms with E-state index in [1.54, 1.807) is 46.5 Å². The number of amides is 1. The third kappa shape index (κ3) is 3.58. The molecule has 2 aromatic heterocycles. The van der Waals surface area contributed by atoms with Crippen LogP contribution < -0.4 is 14.8 Å². The molecule has 4 rings (SSSR count). The van der Waals surface area contributed by atoms with Crippen molar-refractivity contribution in [2.24, 2.45) is 0 Å². The van der Waals surface area contributed by atoms with Crippen molar-refractivity contribution in [3.63, 3.8) is 0 Å². The van der Waals surface area contributed by atoms with Gasteiger partial charge < -0.3 is 14.8 Å². The van der Waals surface area contributed by atoms with Gasteiger partial charge in [-0.3, -0.25) is 4.79 Å². The maximum atomic E-state index is 12.2. The molecule has 8 heteroatoms. The lowest BCUT2D eigenvalue weighted by atomic mass is 10.2. The summed E-state index contributed by atoms with van der Waals surface area (Å²) < 4.78 is 12.3. The summed E-state index contributed by atoms with van der Waals surface area (Å²) in [5.74, 6) is 1.49. The minimum atomic E-state index is -0.258. The monoisotopic (exact) mass is 387 g/mol. The van der Waals surface area contributed by atoms with Crippen LogP contribution >= 0.6 is 22.9 Å². The molecule has 0 atom stereocenters. The van der Waals surface area contributed by atoms with Gasteiger partial charge in [-0.15, -0.1) is 11.3 Å². The van der Waals surface area contributed by atoms with Crippen molar-refractivity contribution in [2.75, 3.05) is 12.1 Å². The molecule has 6 nitrogen and oxygen atoms in total. The van der Waals surface area contributed by atoms with Gasteiger partial charge in [0.05, 0.1) is 17.8 Å². The number of carbonyl (C=O) groups excluding carboxylic acids is 1. The second kappa shape index (κ2) is 7.23. The lowest BCUT2D eigenvalue weighted by Crippen LogP contribution is -2.13. The van der Waals surface area contributed by atoms with Crippen molar-refractivity contribution in [1.82, 2.24) is 9.78 Å². The van der Waals surface area contributed by atoms with Crippen LogP contribution in [-0.2, 0) is 11.3 Å². The number of hydrogen-bond acceptors (Lipinski definition) is 5. The van der Waals surface area contributed by atoms with Crippen LogP contribution in [0, 0.1) is 0 Å². The van der Waals surface area contributed by atoms with Gasteiger partial charge in [-0.25, -0.2) is 4.68 Å². The third-order valence-electron chi connectivity index (χ3n) is 3.73. The molecule has 3 aromatic rings. The number of thiophene rings is 1. The number of anilines is 1. The first-order valence-corrected chi connectivity index (χ1v) is 9.07. The quantitative estimate of drug-likeness (QED) is 0.671. The molecule has 3 heterocycles. The van der Waals surface area contributed by atoms with Crippen molar-refractivity contribution >= 4 is 40.7 Å². The Balaban J connectivity index is 1.44. The van der Waals surface area contributed by atoms with Gasteiger partial charge in [0.15, 0.2) is 11.5 Å². The highest BCUT2D eigenvalue weighted by Crippen LogP contribution is 2.40. The van der Waals surface area contributed by atoms with Gasteiger partial charge in [0.25, 0.3) is 0 Å². The SMILES string of the molecule is O=C(/C=C/c1cc(Cl)c2c(c1)OCO2)Nc1ccnn1Cc1cccs1. The number of ether oxygens (including phenoxy) is 2. The smallest absolute Gasteiger partial charge is 0.249 e. The fraction of sp³-hybridized carbons (Fsp3) is 0.111. The maximum absolute atomic E-state index is 12.2. The molecule has 0 bridgehead atoms. The average Bonchev–Trinajstić information content (AvgIpc) is 3.36. The van der Waals surface area contributed by atoms with Crippen LogP contribution in [0.15, 0.2) is 48.0 Å². The highest BCUT2D eigenvalue weighted by atomic mass is 35.5. The molecular formula is C18H14ClN3O3S. The molecule has 1 aliphatic heterocycles. The van der Waals surface area contributed by atoms with Crippen LogP contribution in [0.25, 0.3) is 6.08 Å². The van der Waals surface area contributed by atoms with Gasteiger partial charge in [-0.05, 0) is 35.2 Å². The molecule has 0 saturated carbocycles. The predicted molar refractivity (Wildman–Crippen MR) is 101 cm³/mol. The maximum Gasteiger partial charge on any atom is 0.249 e. The number of nitrogens with zero attached hydrogens (tertiary/aromatic N) is 2. The Morgan fingerprint density at radius 1 is 1.38 bits per heavy atom. The van der Waals surface area contributed by atoms with E-state index in [0.29, 0.717) is 28.9 Å². The van der Waals surface area contributed by atoms with Crippen LogP contribution in [0.4, 0.5) is 5.82 Å². The highest BCUT2D eigenvalue weighted by molar-refractivity contribution is 7.09. The van der Waals surface area contributed by atoms with Gasteiger partial charge in [0.1, 0.15) is 5.82 Å². The molecule has 1 aromatic carbocycles. The van der Waals surface area contributed by atoms with Crippen LogP contribution in [0.3, 0.4) is 0 Å². The van der Waals surface area contributed by atoms with Gasteiger partial charge in [-0.2, -0.15) is 5.10 Å². The van der Waals surface area contributed by atoms with E-state index in [9.17, 15) is 4.79 Å². The van der Waals surface area contributed by atoms with Crippen molar-refractivity contribution < 1.29 is 14.3 Å². The van der Waals surface area contributed by atoms with Crippen LogP contribution in [0.1, 0.15) is 10.4 Å². The number of nitrogens with one attached hydrogen (secondary N) is 1. The number of fused-ring (bicyclic) bond motifs is 1. The summed E-state index contributed by atoms with van der Waals surface area (Å²) in [5, 5.41) is 9.54. The van der Waals surface area contributed by atoms with Gasteiger partial charge in [-0.1, -0.05) is 17.7 Å². The summed E-state index contributed by atoms with van der Waals surface area (Å²) in [4.78, 5) is 13.4. The number of carbonyl (C=O) groups is 1. The second-order valence-corrected chi connectivity index (χ2v) is 6.95. The Hall–Kier alpha value is -2.77. The first-order valence-electron chi connectivity index (χ1n) is 7.81. The largest absolute Gasteiger partial charge is 0.454 e. The molecule has 132 valence electrons. The molecule has 0 saturated heterocycles. The molecule has 0 aliphatic carbocycles. The van der Waals surface area contributed by atoms with Crippen molar-refractivity contribution in [2.45, 2.75) is 6.54 Å². The average molecular weight is 388 g/mol. The molecule has 0 unspecified atom stereocenters. The van der Waals surface area contributed by atoms with E-state index in [-0.39, 0.29) is 12.7 Å². The minimum absolute atomic E-state index is 0.150. The summed E-state index contributed by atoms with van der Waals surface area (Å²) in [6.07, 6.45) is 4.77. The number of hydrogen-bond donors (Lipinski definition) is 1. The van der Waals surface area contributed by atoms with E-state index in [4.69, 9.17) is 21.1 Å². The molecular weight excluding hydrogens is 374 g/mol. The number of aromatic nitrogens is 2. The molecule has 1 N–H and O–H groups in total. The Kier molecular flexibility index (Phi) is 4.64. The van der Waals surface area contributed by atoms with Crippen molar-refractivity contribution in [3.8, 4) is 11.5 Å². The normalized spacial score (nSPS) is 12.7. The summed E-state index contributed by atoms with van der Waals surface area (Å²) in [5.41, 5.74) is 0.751. The number of halogens is 1. The molecule has 1 aliphatic rings. The molecule has 26 heavy (non-hydrogen) atoms. The number of rotatable bonds is 5. The summed E-state index contributed by atoms with van der Waals surface area (Å²) >= 11 is 7.79. The fourth-order valence-corrected chi connectivity index (χ4v) is 3.50. The van der Waals surface area contributed by atoms with E-state index in [1.807, 2.05) is 17.5 Å². The summed E-state index contributed by atoms with van der Waals surface area (Å²) in [6.45, 7) is 0.763. The van der Waals surface area contributed by atoms with Crippen LogP contribution in [-0.4, -0.2) is 22.5 Å². The van der Waals surface area contributed by atoms with Crippen LogP contribution in [0.2, 0.25) is 5.02 Å². The van der Waals surface area contributed by atoms with Gasteiger partial charge in [0, 0.05) is 17.0 Å². The molecule has 1 amide bonds. The highest BCUT2D eigenvalue weighted by Gasteiger charge is 2.17. The first kappa shape index (κ1) is 16.7. The van der Waals surface area contributed by atoms with E-state index >= 15 is 0 Å². The Labute approximate surface area is 158 Å². The van der Waals surface area contributed by atoms with Gasteiger partial charge in [0.2, 0.25) is 12.7 Å². The zero-order chi connectivity index (χ0) is 17.9. The predicted octanol–water partition coefficient (Wildman–Crippen LogP) is 4.03. The number of benzene rings is 1. The summed E-state index contributed by atoms with van der Waals surface area (Å²) in [6, 6.07) is 9.28. The summed E-state index contributed by atoms with van der Waals surface area (Å²) in [7, 11) is 0. The second-order valence-electron chi connectivity index (χ2n) is 5.51. The van der Waals surface area contributed by atoms with E-state index < -0.39 is 0 Å². The molecule has 0 radical (unpaired) electrons. The standard InChI is InChI=1S/C18H14ClN3O3S/c19-14-8-12(9-15-18(14)25-11-24-15)3-4-17(23)21-16-5-6-20-22(16)10-13-2-1-7-26-13/h1-9H,10-11H2,(H,21,23)/b4-3+. The first-order chi connectivity index (χ1) is 12.7. The third-order valence-corrected chi connectivity index (χ3v) is 4.87. The van der Waals surface area contributed by atoms with E-state index in [2.05, 4.69) is 10.4 Å². The van der Waals surface area contributed by atoms with Crippen molar-refractivity contribution in [1.29, 1.82) is 0 Å². The Morgan fingerprint density at radius 3 is 3.15 bits per heavy atom. The van der Waals surface area contributed by atoms with Gasteiger partial charge >= 0.3 is 0 Å². The van der Waals surface area contributed by atoms with Crippen LogP contribution in [0.5, 0.6) is 11.5 Å². The van der Waals surface area contributed by atoms with E-state index in [0.717, 1.165) is 10.4 Å². The Bertz CT molecular complexity index is 966. The Morgan fingerprint density at radius 2 is 2.31 bits per heavy atom. The lowest BCUT2D eigenvalue weighted by molar-refractivity contribution is -0.111. The lowest BCUT2D eigenvalue weighted by Gasteiger charge is -2.06.